The van der Waals surface area contributed by atoms with Gasteiger partial charge in [0.25, 0.3) is 0 Å². The Hall–Kier alpha value is -0.960. The zero-order valence-electron chi connectivity index (χ0n) is 14.8. The Labute approximate surface area is 141 Å². The number of benzene rings is 1. The summed E-state index contributed by atoms with van der Waals surface area (Å²) in [6.45, 7) is 13.6. The van der Waals surface area contributed by atoms with Gasteiger partial charge in [-0.1, -0.05) is 47.6 Å². The maximum Gasteiger partial charge on any atom is 0.338 e. The van der Waals surface area contributed by atoms with Crippen molar-refractivity contribution in [1.82, 2.24) is 0 Å². The Morgan fingerprint density at radius 1 is 1.00 bits per heavy atom. The first-order valence-corrected chi connectivity index (χ1v) is 8.75. The van der Waals surface area contributed by atoms with Crippen LogP contribution in [0.5, 0.6) is 0 Å². The highest BCUT2D eigenvalue weighted by Gasteiger charge is 2.25. The summed E-state index contributed by atoms with van der Waals surface area (Å²) in [5.74, 6) is 0.287. The average Bonchev–Trinajstić information content (AvgIpc) is 2.51. The molecular formula is C19H30O2S. The SMILES string of the molecule is CCC(C)(C)c1cc(C(=O)OCCS)cc(C(C)(C)CC)c1. The fraction of sp³-hybridized carbons (Fsp3) is 0.632. The zero-order valence-corrected chi connectivity index (χ0v) is 15.7. The van der Waals surface area contributed by atoms with E-state index in [9.17, 15) is 4.79 Å². The molecule has 1 rings (SSSR count). The van der Waals surface area contributed by atoms with Gasteiger partial charge in [0.05, 0.1) is 5.56 Å². The number of carbonyl (C=O) groups is 1. The molecule has 0 aliphatic heterocycles. The first-order chi connectivity index (χ1) is 10.2. The molecule has 0 fully saturated rings. The Morgan fingerprint density at radius 2 is 1.45 bits per heavy atom. The first kappa shape index (κ1) is 19.1. The molecule has 0 amide bonds. The molecular weight excluding hydrogens is 292 g/mol. The van der Waals surface area contributed by atoms with E-state index in [2.05, 4.69) is 60.2 Å². The van der Waals surface area contributed by atoms with Crippen LogP contribution in [0.4, 0.5) is 0 Å². The highest BCUT2D eigenvalue weighted by Crippen LogP contribution is 2.34. The second-order valence-electron chi connectivity index (χ2n) is 7.13. The van der Waals surface area contributed by atoms with Crippen molar-refractivity contribution in [3.63, 3.8) is 0 Å². The normalized spacial score (nSPS) is 12.3. The number of esters is 1. The van der Waals surface area contributed by atoms with E-state index in [-0.39, 0.29) is 16.8 Å². The van der Waals surface area contributed by atoms with Crippen LogP contribution in [0.2, 0.25) is 0 Å². The molecule has 0 aliphatic carbocycles. The van der Waals surface area contributed by atoms with E-state index in [1.54, 1.807) is 0 Å². The van der Waals surface area contributed by atoms with E-state index < -0.39 is 0 Å². The molecule has 3 heteroatoms. The van der Waals surface area contributed by atoms with E-state index >= 15 is 0 Å². The predicted molar refractivity (Wildman–Crippen MR) is 97.2 cm³/mol. The van der Waals surface area contributed by atoms with Crippen LogP contribution in [-0.4, -0.2) is 18.3 Å². The van der Waals surface area contributed by atoms with Crippen molar-refractivity contribution in [2.24, 2.45) is 0 Å². The summed E-state index contributed by atoms with van der Waals surface area (Å²) in [7, 11) is 0. The standard InChI is InChI=1S/C19H30O2S/c1-7-18(3,4)15-11-14(17(20)21-9-10-22)12-16(13-15)19(5,6)8-2/h11-13,22H,7-10H2,1-6H3. The largest absolute Gasteiger partial charge is 0.461 e. The predicted octanol–water partition coefficient (Wildman–Crippen LogP) is 5.15. The molecule has 22 heavy (non-hydrogen) atoms. The molecule has 0 N–H and O–H groups in total. The van der Waals surface area contributed by atoms with E-state index in [1.165, 1.54) is 11.1 Å². The molecule has 1 aromatic rings. The minimum Gasteiger partial charge on any atom is -0.461 e. The van der Waals surface area contributed by atoms with Crippen molar-refractivity contribution in [2.75, 3.05) is 12.4 Å². The summed E-state index contributed by atoms with van der Waals surface area (Å²) in [6.07, 6.45) is 2.04. The van der Waals surface area contributed by atoms with Crippen LogP contribution in [0.25, 0.3) is 0 Å². The molecule has 0 bridgehead atoms. The smallest absolute Gasteiger partial charge is 0.338 e. The van der Waals surface area contributed by atoms with Gasteiger partial charge in [0, 0.05) is 5.75 Å². The fourth-order valence-corrected chi connectivity index (χ4v) is 2.25. The third-order valence-electron chi connectivity index (χ3n) is 4.82. The van der Waals surface area contributed by atoms with Crippen molar-refractivity contribution in [3.8, 4) is 0 Å². The lowest BCUT2D eigenvalue weighted by Gasteiger charge is -2.29. The van der Waals surface area contributed by atoms with Gasteiger partial charge >= 0.3 is 5.97 Å². The number of thiol groups is 1. The summed E-state index contributed by atoms with van der Waals surface area (Å²) in [5.41, 5.74) is 3.13. The maximum atomic E-state index is 12.3. The van der Waals surface area contributed by atoms with Crippen LogP contribution in [0.15, 0.2) is 18.2 Å². The number of rotatable bonds is 7. The lowest BCUT2D eigenvalue weighted by atomic mass is 9.76. The molecule has 124 valence electrons. The van der Waals surface area contributed by atoms with Crippen molar-refractivity contribution in [2.45, 2.75) is 65.2 Å². The van der Waals surface area contributed by atoms with Gasteiger partial charge < -0.3 is 4.74 Å². The molecule has 0 saturated carbocycles. The summed E-state index contributed by atoms with van der Waals surface area (Å²) in [5, 5.41) is 0. The van der Waals surface area contributed by atoms with E-state index in [0.29, 0.717) is 17.9 Å². The molecule has 0 unspecified atom stereocenters. The van der Waals surface area contributed by atoms with Gasteiger partial charge in [-0.2, -0.15) is 12.6 Å². The van der Waals surface area contributed by atoms with Crippen molar-refractivity contribution >= 4 is 18.6 Å². The minimum absolute atomic E-state index is 0.0401. The van der Waals surface area contributed by atoms with Gasteiger partial charge in [0.15, 0.2) is 0 Å². The van der Waals surface area contributed by atoms with Gasteiger partial charge in [0.2, 0.25) is 0 Å². The quantitative estimate of drug-likeness (QED) is 0.555. The topological polar surface area (TPSA) is 26.3 Å². The lowest BCUT2D eigenvalue weighted by Crippen LogP contribution is -2.22. The number of carbonyl (C=O) groups excluding carboxylic acids is 1. The Morgan fingerprint density at radius 3 is 1.82 bits per heavy atom. The molecule has 0 saturated heterocycles. The van der Waals surface area contributed by atoms with Crippen LogP contribution in [0.1, 0.15) is 75.9 Å². The highest BCUT2D eigenvalue weighted by atomic mass is 32.1. The van der Waals surface area contributed by atoms with Crippen molar-refractivity contribution < 1.29 is 9.53 Å². The van der Waals surface area contributed by atoms with E-state index in [4.69, 9.17) is 4.74 Å². The van der Waals surface area contributed by atoms with Crippen molar-refractivity contribution in [1.29, 1.82) is 0 Å². The lowest BCUT2D eigenvalue weighted by molar-refractivity contribution is 0.0530. The second kappa shape index (κ2) is 7.54. The highest BCUT2D eigenvalue weighted by molar-refractivity contribution is 7.80. The Kier molecular flexibility index (Phi) is 6.54. The number of hydrogen-bond acceptors (Lipinski definition) is 3. The molecule has 1 aromatic carbocycles. The monoisotopic (exact) mass is 322 g/mol. The molecule has 0 spiro atoms. The van der Waals surface area contributed by atoms with Crippen LogP contribution in [-0.2, 0) is 15.6 Å². The molecule has 2 nitrogen and oxygen atoms in total. The summed E-state index contributed by atoms with van der Waals surface area (Å²) in [6, 6.07) is 6.22. The van der Waals surface area contributed by atoms with Crippen LogP contribution >= 0.6 is 12.6 Å². The Balaban J connectivity index is 3.36. The van der Waals surface area contributed by atoms with Crippen LogP contribution in [0, 0.1) is 0 Å². The average molecular weight is 323 g/mol. The molecule has 0 aromatic heterocycles. The summed E-state index contributed by atoms with van der Waals surface area (Å²) >= 11 is 4.09. The summed E-state index contributed by atoms with van der Waals surface area (Å²) < 4.78 is 5.26. The van der Waals surface area contributed by atoms with E-state index in [0.717, 1.165) is 12.8 Å². The van der Waals surface area contributed by atoms with Gasteiger partial charge in [-0.15, -0.1) is 0 Å². The molecule has 0 heterocycles. The number of hydrogen-bond donors (Lipinski definition) is 1. The Bertz CT molecular complexity index is 484. The zero-order chi connectivity index (χ0) is 17.0. The van der Waals surface area contributed by atoms with E-state index in [1.807, 2.05) is 12.1 Å². The first-order valence-electron chi connectivity index (χ1n) is 8.12. The molecule has 0 aliphatic rings. The molecule has 0 radical (unpaired) electrons. The minimum atomic E-state index is -0.254. The molecule has 0 atom stereocenters. The van der Waals surface area contributed by atoms with Gasteiger partial charge in [-0.05, 0) is 46.9 Å². The third-order valence-corrected chi connectivity index (χ3v) is 5.01. The fourth-order valence-electron chi connectivity index (χ4n) is 2.16. The van der Waals surface area contributed by atoms with Gasteiger partial charge in [-0.25, -0.2) is 4.79 Å². The maximum absolute atomic E-state index is 12.3. The third kappa shape index (κ3) is 4.52. The van der Waals surface area contributed by atoms with Gasteiger partial charge in [0.1, 0.15) is 6.61 Å². The van der Waals surface area contributed by atoms with Crippen LogP contribution < -0.4 is 0 Å². The van der Waals surface area contributed by atoms with Crippen LogP contribution in [0.3, 0.4) is 0 Å². The number of ether oxygens (including phenoxy) is 1. The second-order valence-corrected chi connectivity index (χ2v) is 7.58. The van der Waals surface area contributed by atoms with Crippen molar-refractivity contribution in [3.05, 3.63) is 34.9 Å². The summed E-state index contributed by atoms with van der Waals surface area (Å²) in [4.78, 5) is 12.3. The van der Waals surface area contributed by atoms with Gasteiger partial charge in [-0.3, -0.25) is 0 Å².